The van der Waals surface area contributed by atoms with Gasteiger partial charge in [-0.3, -0.25) is 0 Å². The van der Waals surface area contributed by atoms with E-state index in [0.29, 0.717) is 0 Å². The fraction of sp³-hybridized carbons (Fsp3) is 0. The fourth-order valence-electron chi connectivity index (χ4n) is 4.28. The lowest BCUT2D eigenvalue weighted by Crippen LogP contribution is -1.95. The van der Waals surface area contributed by atoms with E-state index in [1.165, 1.54) is 0 Å². The van der Waals surface area contributed by atoms with Crippen molar-refractivity contribution in [2.45, 2.75) is 0 Å². The molecule has 0 heteroatoms. The predicted molar refractivity (Wildman–Crippen MR) is 163 cm³/mol. The van der Waals surface area contributed by atoms with E-state index in [2.05, 4.69) is 0 Å². The molecule has 7 rings (SSSR count). The van der Waals surface area contributed by atoms with Crippen LogP contribution in [0.3, 0.4) is 0 Å². The summed E-state index contributed by atoms with van der Waals surface area (Å²) < 4.78 is 230. The highest BCUT2D eigenvalue weighted by molar-refractivity contribution is 6.23. The Morgan fingerprint density at radius 1 is 0.263 bits per heavy atom. The summed E-state index contributed by atoms with van der Waals surface area (Å²) in [6.07, 6.45) is 0. The largest absolute Gasteiger partial charge is 0.0629 e. The van der Waals surface area contributed by atoms with Gasteiger partial charge >= 0.3 is 0 Å². The molecule has 0 bridgehead atoms. The molecule has 0 spiro atoms. The SMILES string of the molecule is [2H]c1c([2H])c([2H])c(-c2c([2H])c([2H])c([2H])c(-c3c([2H])c([2H])c([2H])c([2H])c3[2H])c2-c2c3c([2H])c([2H])c([2H])c([2H])c3c(-c3c([2H])c([2H])c([2H])c([2H])c3[2H])c3c([2H])c([2H])c([2H])c([2H])c23)c([2H])c1[2H]. The molecule has 0 heterocycles. The first kappa shape index (κ1) is 8.03. The van der Waals surface area contributed by atoms with Gasteiger partial charge in [-0.1, -0.05) is 157 Å². The summed E-state index contributed by atoms with van der Waals surface area (Å²) in [6.45, 7) is 0. The van der Waals surface area contributed by atoms with Gasteiger partial charge in [-0.25, -0.2) is 0 Å². The van der Waals surface area contributed by atoms with Crippen LogP contribution in [0.1, 0.15) is 35.6 Å². The second-order valence-electron chi connectivity index (χ2n) is 7.75. The van der Waals surface area contributed by atoms with Crippen molar-refractivity contribution in [3.05, 3.63) is 157 Å². The molecule has 0 amide bonds. The van der Waals surface area contributed by atoms with E-state index in [9.17, 15) is 8.22 Å². The van der Waals surface area contributed by atoms with Crippen molar-refractivity contribution in [2.24, 2.45) is 0 Å². The average molecular weight is 509 g/mol. The smallest absolute Gasteiger partial charge is 0.0622 e. The molecule has 38 heavy (non-hydrogen) atoms. The van der Waals surface area contributed by atoms with E-state index in [0.717, 1.165) is 0 Å². The molecule has 0 atom stereocenters. The maximum absolute atomic E-state index is 9.43. The minimum absolute atomic E-state index is 0.743. The Morgan fingerprint density at radius 3 is 1.03 bits per heavy atom. The lowest BCUT2D eigenvalue weighted by Gasteiger charge is -2.22. The van der Waals surface area contributed by atoms with Crippen molar-refractivity contribution in [3.8, 4) is 44.5 Å². The Bertz CT molecular complexity index is 3070. The second kappa shape index (κ2) is 9.50. The molecule has 0 aliphatic rings. The zero-order valence-electron chi connectivity index (χ0n) is 45.0. The third kappa shape index (κ3) is 3.70. The molecular weight excluding hydrogens is 456 g/mol. The van der Waals surface area contributed by atoms with Gasteiger partial charge < -0.3 is 0 Å². The van der Waals surface area contributed by atoms with Gasteiger partial charge in [-0.15, -0.1) is 0 Å². The average Bonchev–Trinajstić information content (AvgIpc) is 3.27. The number of hydrogen-bond donors (Lipinski definition) is 0. The first-order valence-corrected chi connectivity index (χ1v) is 11.0. The summed E-state index contributed by atoms with van der Waals surface area (Å²) in [7, 11) is 0. The summed E-state index contributed by atoms with van der Waals surface area (Å²) in [5, 5.41) is -3.23. The molecule has 0 N–H and O–H groups in total. The minimum Gasteiger partial charge on any atom is -0.0622 e. The normalized spacial score (nSPS) is 20.7. The van der Waals surface area contributed by atoms with Gasteiger partial charge in [0.05, 0.1) is 35.6 Å². The van der Waals surface area contributed by atoms with Gasteiger partial charge in [-0.2, -0.15) is 0 Å². The van der Waals surface area contributed by atoms with Crippen molar-refractivity contribution in [3.63, 3.8) is 0 Å². The second-order valence-corrected chi connectivity index (χ2v) is 7.75. The van der Waals surface area contributed by atoms with Gasteiger partial charge in [-0.05, 0) is 66.1 Å². The molecule has 7 aromatic carbocycles. The van der Waals surface area contributed by atoms with Crippen LogP contribution in [0.25, 0.3) is 66.1 Å². The van der Waals surface area contributed by atoms with Crippen LogP contribution in [0.5, 0.6) is 0 Å². The summed E-state index contributed by atoms with van der Waals surface area (Å²) in [6, 6.07) is -26.6. The molecule has 7 aromatic rings. The first-order chi connectivity index (χ1) is 29.7. The Hall–Kier alpha value is -4.94. The van der Waals surface area contributed by atoms with Crippen LogP contribution in [0.2, 0.25) is 0 Å². The third-order valence-electron chi connectivity index (χ3n) is 5.75. The van der Waals surface area contributed by atoms with Gasteiger partial charge in [0.1, 0.15) is 0 Å². The van der Waals surface area contributed by atoms with Crippen LogP contribution in [0.15, 0.2) is 157 Å². The molecule has 0 unspecified atom stereocenters. The van der Waals surface area contributed by atoms with Crippen LogP contribution in [0.4, 0.5) is 0 Å². The van der Waals surface area contributed by atoms with Gasteiger partial charge in [0.15, 0.2) is 0 Å². The number of rotatable bonds is 4. The van der Waals surface area contributed by atoms with Gasteiger partial charge in [0, 0.05) is 0 Å². The predicted octanol–water partition coefficient (Wildman–Crippen LogP) is 10.7. The molecule has 0 saturated heterocycles. The van der Waals surface area contributed by atoms with E-state index >= 15 is 0 Å². The van der Waals surface area contributed by atoms with Gasteiger partial charge in [0.2, 0.25) is 0 Å². The maximum Gasteiger partial charge on any atom is 0.0629 e. The van der Waals surface area contributed by atoms with Crippen molar-refractivity contribution < 1.29 is 35.6 Å². The fourth-order valence-corrected chi connectivity index (χ4v) is 4.28. The number of benzene rings is 7. The molecule has 0 radical (unpaired) electrons. The van der Waals surface area contributed by atoms with E-state index in [-0.39, 0.29) is 0 Å². The van der Waals surface area contributed by atoms with Crippen molar-refractivity contribution >= 4 is 21.5 Å². The zero-order chi connectivity index (χ0) is 47.9. The van der Waals surface area contributed by atoms with Crippen LogP contribution < -0.4 is 0 Å². The Morgan fingerprint density at radius 2 is 0.605 bits per heavy atom. The molecule has 0 aliphatic carbocycles. The molecule has 178 valence electrons. The van der Waals surface area contributed by atoms with Crippen LogP contribution in [-0.4, -0.2) is 0 Å². The van der Waals surface area contributed by atoms with E-state index in [1.807, 2.05) is 0 Å². The van der Waals surface area contributed by atoms with Crippen LogP contribution in [0, 0.1) is 0 Å². The van der Waals surface area contributed by atoms with Crippen LogP contribution in [-0.2, 0) is 0 Å². The standard InChI is InChI=1S/C38H26/c1-4-15-27(16-5-1)30-25-14-26-31(28-17-6-2-7-18-28)37(30)38-34-23-12-10-21-32(34)36(29-19-8-3-9-20-29)33-22-11-13-24-35(33)38/h1-26H/i1D,2D,3D,4D,5D,6D,7D,8D,9D,10D,11D,12D,13D,14D,15D,16D,17D,18D,19D,20D,21D,22D,23D,24D,25D,26D. The summed E-state index contributed by atoms with van der Waals surface area (Å²) in [5.74, 6) is 0. The Kier molecular flexibility index (Phi) is 2.01. The first-order valence-electron chi connectivity index (χ1n) is 24.0. The molecule has 0 aliphatic heterocycles. The molecular formula is C38H26. The molecule has 0 fully saturated rings. The monoisotopic (exact) mass is 508 g/mol. The zero-order valence-corrected chi connectivity index (χ0v) is 19.0. The van der Waals surface area contributed by atoms with Crippen molar-refractivity contribution in [2.75, 3.05) is 0 Å². The van der Waals surface area contributed by atoms with Crippen molar-refractivity contribution in [1.29, 1.82) is 0 Å². The highest BCUT2D eigenvalue weighted by atomic mass is 14.2. The quantitative estimate of drug-likeness (QED) is 0.207. The molecule has 0 saturated carbocycles. The Balaban J connectivity index is 2.04. The Labute approximate surface area is 260 Å². The van der Waals surface area contributed by atoms with E-state index in [1.54, 1.807) is 0 Å². The van der Waals surface area contributed by atoms with Gasteiger partial charge in [0.25, 0.3) is 0 Å². The van der Waals surface area contributed by atoms with E-state index in [4.69, 9.17) is 27.4 Å². The van der Waals surface area contributed by atoms with Crippen molar-refractivity contribution in [1.82, 2.24) is 0 Å². The third-order valence-corrected chi connectivity index (χ3v) is 5.75. The lowest BCUT2D eigenvalue weighted by molar-refractivity contribution is 1.58. The maximum atomic E-state index is 9.43. The summed E-state index contributed by atoms with van der Waals surface area (Å²) >= 11 is 0. The summed E-state index contributed by atoms with van der Waals surface area (Å²) in [5.41, 5.74) is -7.01. The highest BCUT2D eigenvalue weighted by Gasteiger charge is 2.21. The number of fused-ring (bicyclic) bond motifs is 2. The minimum atomic E-state index is -1.12. The molecule has 0 nitrogen and oxygen atoms in total. The molecule has 0 aromatic heterocycles. The van der Waals surface area contributed by atoms with Crippen LogP contribution >= 0.6 is 0 Å². The van der Waals surface area contributed by atoms with E-state index < -0.39 is 223 Å². The number of hydrogen-bond acceptors (Lipinski definition) is 0. The lowest BCUT2D eigenvalue weighted by atomic mass is 9.81. The summed E-state index contributed by atoms with van der Waals surface area (Å²) in [4.78, 5) is 0. The highest BCUT2D eigenvalue weighted by Crippen LogP contribution is 2.48. The topological polar surface area (TPSA) is 0 Å².